The Morgan fingerprint density at radius 3 is 0.708 bits per heavy atom. The van der Waals surface area contributed by atoms with Crippen molar-refractivity contribution in [3.8, 4) is 78.4 Å². The molecule has 2 heterocycles. The molecule has 0 aliphatic heterocycles. The number of benzene rings is 6. The Kier molecular flexibility index (Phi) is 7.96. The molecule has 0 N–H and O–H groups in total. The van der Waals surface area contributed by atoms with Crippen LogP contribution in [0, 0.1) is 0 Å². The predicted octanol–water partition coefficient (Wildman–Crippen LogP) is 12.1. The third-order valence-electron chi connectivity index (χ3n) is 8.70. The van der Waals surface area contributed by atoms with Crippen molar-refractivity contribution in [1.29, 1.82) is 0 Å². The average Bonchev–Trinajstić information content (AvgIpc) is 3.19. The maximum atomic E-state index is 5.10. The Morgan fingerprint density at radius 2 is 0.396 bits per heavy atom. The molecule has 48 heavy (non-hydrogen) atoms. The number of nitrogens with zero attached hydrogens (tertiary/aromatic N) is 2. The molecule has 0 aliphatic rings. The normalized spacial score (nSPS) is 10.9. The van der Waals surface area contributed by atoms with Crippen LogP contribution in [-0.4, -0.2) is 9.97 Å². The molecule has 226 valence electrons. The zero-order valence-electron chi connectivity index (χ0n) is 26.4. The summed E-state index contributed by atoms with van der Waals surface area (Å²) in [6.07, 6.45) is 0. The topological polar surface area (TPSA) is 25.8 Å². The van der Waals surface area contributed by atoms with Gasteiger partial charge in [0.1, 0.15) is 0 Å². The largest absolute Gasteiger partial charge is 0.248 e. The summed E-state index contributed by atoms with van der Waals surface area (Å²) in [6.45, 7) is 0. The second-order valence-electron chi connectivity index (χ2n) is 11.9. The zero-order valence-corrected chi connectivity index (χ0v) is 26.4. The van der Waals surface area contributed by atoms with Gasteiger partial charge < -0.3 is 0 Å². The molecule has 0 radical (unpaired) electrons. The molecule has 0 spiro atoms. The van der Waals surface area contributed by atoms with Crippen molar-refractivity contribution in [2.24, 2.45) is 0 Å². The summed E-state index contributed by atoms with van der Waals surface area (Å²) < 4.78 is 0. The van der Waals surface area contributed by atoms with Gasteiger partial charge in [-0.05, 0) is 57.6 Å². The third-order valence-corrected chi connectivity index (χ3v) is 8.70. The van der Waals surface area contributed by atoms with E-state index in [1.807, 2.05) is 18.2 Å². The van der Waals surface area contributed by atoms with E-state index in [4.69, 9.17) is 9.97 Å². The SMILES string of the molecule is c1ccc(-c2cc(-c3ccccc3)nc(-c3ccc(-c4ccc(-c5cc(-c6ccccc6)nc(-c6ccccc6)c5)cc4)cc3)c2)cc1. The summed E-state index contributed by atoms with van der Waals surface area (Å²) in [7, 11) is 0. The maximum absolute atomic E-state index is 5.10. The Morgan fingerprint density at radius 1 is 0.188 bits per heavy atom. The van der Waals surface area contributed by atoms with Crippen molar-refractivity contribution in [2.45, 2.75) is 0 Å². The van der Waals surface area contributed by atoms with Gasteiger partial charge in [0.25, 0.3) is 0 Å². The Balaban J connectivity index is 1.11. The Bertz CT molecular complexity index is 2000. The van der Waals surface area contributed by atoms with Crippen molar-refractivity contribution in [3.05, 3.63) is 194 Å². The molecule has 0 aliphatic carbocycles. The van der Waals surface area contributed by atoms with Crippen LogP contribution < -0.4 is 0 Å². The van der Waals surface area contributed by atoms with E-state index in [1.165, 1.54) is 11.1 Å². The number of hydrogen-bond donors (Lipinski definition) is 0. The minimum absolute atomic E-state index is 0.957. The summed E-state index contributed by atoms with van der Waals surface area (Å²) in [5.41, 5.74) is 15.2. The molecule has 0 amide bonds. The molecule has 0 unspecified atom stereocenters. The van der Waals surface area contributed by atoms with Gasteiger partial charge in [-0.15, -0.1) is 0 Å². The Hall–Kier alpha value is -6.38. The van der Waals surface area contributed by atoms with Gasteiger partial charge in [-0.2, -0.15) is 0 Å². The first kappa shape index (κ1) is 29.1. The molecule has 8 aromatic rings. The average molecular weight is 613 g/mol. The molecule has 0 fully saturated rings. The molecule has 2 nitrogen and oxygen atoms in total. The highest BCUT2D eigenvalue weighted by Gasteiger charge is 2.11. The first-order valence-electron chi connectivity index (χ1n) is 16.2. The van der Waals surface area contributed by atoms with Gasteiger partial charge in [0.05, 0.1) is 22.8 Å². The van der Waals surface area contributed by atoms with Crippen molar-refractivity contribution in [2.75, 3.05) is 0 Å². The lowest BCUT2D eigenvalue weighted by Crippen LogP contribution is -1.91. The monoisotopic (exact) mass is 612 g/mol. The molecule has 0 saturated carbocycles. The highest BCUT2D eigenvalue weighted by atomic mass is 14.7. The van der Waals surface area contributed by atoms with Gasteiger partial charge in [-0.1, -0.05) is 170 Å². The van der Waals surface area contributed by atoms with Crippen LogP contribution in [0.5, 0.6) is 0 Å². The minimum Gasteiger partial charge on any atom is -0.248 e. The van der Waals surface area contributed by atoms with E-state index in [0.717, 1.165) is 67.3 Å². The van der Waals surface area contributed by atoms with E-state index in [9.17, 15) is 0 Å². The van der Waals surface area contributed by atoms with Crippen molar-refractivity contribution in [1.82, 2.24) is 9.97 Å². The second-order valence-corrected chi connectivity index (χ2v) is 11.9. The zero-order chi connectivity index (χ0) is 32.1. The van der Waals surface area contributed by atoms with E-state index in [1.54, 1.807) is 0 Å². The first-order chi connectivity index (χ1) is 23.8. The lowest BCUT2D eigenvalue weighted by Gasteiger charge is -2.12. The number of aromatic nitrogens is 2. The minimum atomic E-state index is 0.957. The summed E-state index contributed by atoms with van der Waals surface area (Å²) in [4.78, 5) is 10.1. The van der Waals surface area contributed by atoms with Crippen molar-refractivity contribution in [3.63, 3.8) is 0 Å². The van der Waals surface area contributed by atoms with Crippen LogP contribution in [0.4, 0.5) is 0 Å². The highest BCUT2D eigenvalue weighted by molar-refractivity contribution is 5.80. The van der Waals surface area contributed by atoms with Gasteiger partial charge in [0.2, 0.25) is 0 Å². The van der Waals surface area contributed by atoms with Gasteiger partial charge in [0.15, 0.2) is 0 Å². The quantitative estimate of drug-likeness (QED) is 0.179. The summed E-state index contributed by atoms with van der Waals surface area (Å²) in [6, 6.07) is 68.0. The fraction of sp³-hybridized carbons (Fsp3) is 0. The van der Waals surface area contributed by atoms with Crippen LogP contribution in [0.25, 0.3) is 78.4 Å². The van der Waals surface area contributed by atoms with E-state index in [0.29, 0.717) is 0 Å². The third kappa shape index (κ3) is 6.20. The number of hydrogen-bond acceptors (Lipinski definition) is 2. The lowest BCUT2D eigenvalue weighted by molar-refractivity contribution is 1.32. The molecule has 0 saturated heterocycles. The molecule has 0 atom stereocenters. The van der Waals surface area contributed by atoms with E-state index in [-0.39, 0.29) is 0 Å². The van der Waals surface area contributed by atoms with Gasteiger partial charge in [-0.25, -0.2) is 9.97 Å². The van der Waals surface area contributed by atoms with Crippen LogP contribution in [-0.2, 0) is 0 Å². The van der Waals surface area contributed by atoms with E-state index in [2.05, 4.69) is 176 Å². The van der Waals surface area contributed by atoms with Gasteiger partial charge in [0, 0.05) is 22.3 Å². The molecule has 0 bridgehead atoms. The second kappa shape index (κ2) is 13.2. The number of pyridine rings is 2. The van der Waals surface area contributed by atoms with Crippen LogP contribution in [0.15, 0.2) is 194 Å². The maximum Gasteiger partial charge on any atom is 0.0715 e. The van der Waals surface area contributed by atoms with Gasteiger partial charge in [-0.3, -0.25) is 0 Å². The molecular weight excluding hydrogens is 581 g/mol. The summed E-state index contributed by atoms with van der Waals surface area (Å²) in [5.74, 6) is 0. The summed E-state index contributed by atoms with van der Waals surface area (Å²) in [5, 5.41) is 0. The Labute approximate surface area is 281 Å². The standard InChI is InChI=1S/C46H32N2/c1-5-13-33(14-6-1)41-29-43(37-15-7-2-8-16-37)48-46(30-41)40-27-25-35(26-28-40)34-21-23-36(24-22-34)42-31-44(38-17-9-3-10-18-38)47-45(32-42)39-19-11-4-12-20-39/h1-32H. The van der Waals surface area contributed by atoms with Crippen LogP contribution in [0.3, 0.4) is 0 Å². The fourth-order valence-corrected chi connectivity index (χ4v) is 6.13. The molecule has 2 heteroatoms. The fourth-order valence-electron chi connectivity index (χ4n) is 6.13. The number of rotatable bonds is 7. The van der Waals surface area contributed by atoms with Crippen molar-refractivity contribution < 1.29 is 0 Å². The predicted molar refractivity (Wildman–Crippen MR) is 200 cm³/mol. The lowest BCUT2D eigenvalue weighted by atomic mass is 9.96. The molecule has 2 aromatic heterocycles. The molecule has 6 aromatic carbocycles. The van der Waals surface area contributed by atoms with Crippen molar-refractivity contribution >= 4 is 0 Å². The van der Waals surface area contributed by atoms with Crippen LogP contribution in [0.2, 0.25) is 0 Å². The van der Waals surface area contributed by atoms with Crippen LogP contribution in [0.1, 0.15) is 0 Å². The van der Waals surface area contributed by atoms with E-state index < -0.39 is 0 Å². The molecular formula is C46H32N2. The van der Waals surface area contributed by atoms with Crippen LogP contribution >= 0.6 is 0 Å². The van der Waals surface area contributed by atoms with Gasteiger partial charge >= 0.3 is 0 Å². The van der Waals surface area contributed by atoms with E-state index >= 15 is 0 Å². The smallest absolute Gasteiger partial charge is 0.0715 e. The highest BCUT2D eigenvalue weighted by Crippen LogP contribution is 2.34. The first-order valence-corrected chi connectivity index (χ1v) is 16.2. The molecule has 8 rings (SSSR count). The summed E-state index contributed by atoms with van der Waals surface area (Å²) >= 11 is 0.